The minimum atomic E-state index is 0.496. The molecule has 0 bridgehead atoms. The lowest BCUT2D eigenvalue weighted by molar-refractivity contribution is 0.286. The zero-order valence-electron chi connectivity index (χ0n) is 10.6. The Hall–Kier alpha value is -1.84. The van der Waals surface area contributed by atoms with Gasteiger partial charge in [-0.2, -0.15) is 0 Å². The van der Waals surface area contributed by atoms with Gasteiger partial charge >= 0.3 is 0 Å². The first kappa shape index (κ1) is 11.3. The normalized spacial score (nSPS) is 14.3. The molecule has 4 heteroatoms. The van der Waals surface area contributed by atoms with E-state index in [1.54, 1.807) is 0 Å². The molecule has 0 N–H and O–H groups in total. The van der Waals surface area contributed by atoms with Gasteiger partial charge in [-0.3, -0.25) is 0 Å². The lowest BCUT2D eigenvalue weighted by atomic mass is 10.2. The summed E-state index contributed by atoms with van der Waals surface area (Å²) in [5.74, 6) is 2.92. The molecule has 18 heavy (non-hydrogen) atoms. The second-order valence-corrected chi connectivity index (χ2v) is 4.74. The fraction of sp³-hybridized carbons (Fsp3) is 0.429. The maximum absolute atomic E-state index is 5.75. The molecule has 0 fully saturated rings. The van der Waals surface area contributed by atoms with Crippen LogP contribution in [0.4, 0.5) is 0 Å². The van der Waals surface area contributed by atoms with Crippen LogP contribution in [-0.2, 0) is 19.6 Å². The Labute approximate surface area is 107 Å². The zero-order chi connectivity index (χ0) is 12.4. The number of ether oxygens (including phenoxy) is 1. The molecule has 0 saturated heterocycles. The fourth-order valence-corrected chi connectivity index (χ4v) is 2.26. The first-order valence-corrected chi connectivity index (χ1v) is 6.43. The van der Waals surface area contributed by atoms with E-state index in [9.17, 15) is 0 Å². The predicted octanol–water partition coefficient (Wildman–Crippen LogP) is 2.50. The SMILES string of the molecule is Cc1ccc(OCc2nnc3n2CCCC3)cc1. The van der Waals surface area contributed by atoms with Crippen molar-refractivity contribution in [3.05, 3.63) is 41.5 Å². The summed E-state index contributed by atoms with van der Waals surface area (Å²) in [4.78, 5) is 0. The first-order valence-electron chi connectivity index (χ1n) is 6.43. The molecular formula is C14H17N3O. The van der Waals surface area contributed by atoms with Crippen LogP contribution in [0.1, 0.15) is 30.1 Å². The largest absolute Gasteiger partial charge is 0.486 e. The van der Waals surface area contributed by atoms with Gasteiger partial charge in [0.15, 0.2) is 5.82 Å². The summed E-state index contributed by atoms with van der Waals surface area (Å²) in [6.07, 6.45) is 3.47. The molecule has 0 amide bonds. The van der Waals surface area contributed by atoms with Gasteiger partial charge < -0.3 is 9.30 Å². The molecule has 2 heterocycles. The number of rotatable bonds is 3. The molecule has 94 valence electrons. The van der Waals surface area contributed by atoms with Crippen LogP contribution in [0.15, 0.2) is 24.3 Å². The van der Waals surface area contributed by atoms with E-state index in [2.05, 4.69) is 33.8 Å². The lowest BCUT2D eigenvalue weighted by Crippen LogP contribution is -2.14. The summed E-state index contributed by atoms with van der Waals surface area (Å²) < 4.78 is 7.94. The maximum atomic E-state index is 5.75. The molecule has 1 aromatic carbocycles. The van der Waals surface area contributed by atoms with Crippen molar-refractivity contribution in [1.82, 2.24) is 14.8 Å². The van der Waals surface area contributed by atoms with Gasteiger partial charge in [-0.05, 0) is 31.9 Å². The van der Waals surface area contributed by atoms with Crippen molar-refractivity contribution in [2.75, 3.05) is 0 Å². The van der Waals surface area contributed by atoms with Crippen molar-refractivity contribution in [3.8, 4) is 5.75 Å². The highest BCUT2D eigenvalue weighted by atomic mass is 16.5. The van der Waals surface area contributed by atoms with E-state index in [0.29, 0.717) is 6.61 Å². The highest BCUT2D eigenvalue weighted by molar-refractivity contribution is 5.26. The Bertz CT molecular complexity index is 530. The molecule has 4 nitrogen and oxygen atoms in total. The van der Waals surface area contributed by atoms with Crippen molar-refractivity contribution in [2.24, 2.45) is 0 Å². The van der Waals surface area contributed by atoms with Crippen molar-refractivity contribution in [3.63, 3.8) is 0 Å². The summed E-state index contributed by atoms with van der Waals surface area (Å²) in [5, 5.41) is 8.43. The topological polar surface area (TPSA) is 39.9 Å². The number of aromatic nitrogens is 3. The van der Waals surface area contributed by atoms with Crippen LogP contribution < -0.4 is 4.74 Å². The van der Waals surface area contributed by atoms with Crippen LogP contribution in [-0.4, -0.2) is 14.8 Å². The minimum absolute atomic E-state index is 0.496. The van der Waals surface area contributed by atoms with E-state index in [1.807, 2.05) is 12.1 Å². The number of aryl methyl sites for hydroxylation is 2. The summed E-state index contributed by atoms with van der Waals surface area (Å²) in [6.45, 7) is 3.59. The lowest BCUT2D eigenvalue weighted by Gasteiger charge is -2.14. The third kappa shape index (κ3) is 2.23. The Balaban J connectivity index is 1.70. The van der Waals surface area contributed by atoms with Crippen molar-refractivity contribution < 1.29 is 4.74 Å². The van der Waals surface area contributed by atoms with Gasteiger partial charge in [0.2, 0.25) is 0 Å². The predicted molar refractivity (Wildman–Crippen MR) is 68.5 cm³/mol. The molecule has 0 atom stereocenters. The van der Waals surface area contributed by atoms with E-state index >= 15 is 0 Å². The van der Waals surface area contributed by atoms with Gasteiger partial charge in [-0.15, -0.1) is 10.2 Å². The number of benzene rings is 1. The third-order valence-corrected chi connectivity index (χ3v) is 3.33. The van der Waals surface area contributed by atoms with Gasteiger partial charge in [0.1, 0.15) is 18.2 Å². The van der Waals surface area contributed by atoms with Crippen LogP contribution in [0.2, 0.25) is 0 Å². The van der Waals surface area contributed by atoms with E-state index in [0.717, 1.165) is 30.4 Å². The fourth-order valence-electron chi connectivity index (χ4n) is 2.26. The highest BCUT2D eigenvalue weighted by Crippen LogP contribution is 2.17. The van der Waals surface area contributed by atoms with Gasteiger partial charge in [0.25, 0.3) is 0 Å². The third-order valence-electron chi connectivity index (χ3n) is 3.33. The molecule has 0 radical (unpaired) electrons. The smallest absolute Gasteiger partial charge is 0.171 e. The number of hydrogen-bond acceptors (Lipinski definition) is 3. The molecule has 1 aliphatic heterocycles. The summed E-state index contributed by atoms with van der Waals surface area (Å²) in [5.41, 5.74) is 1.24. The van der Waals surface area contributed by atoms with E-state index in [1.165, 1.54) is 18.4 Å². The molecule has 3 rings (SSSR count). The summed E-state index contributed by atoms with van der Waals surface area (Å²) in [7, 11) is 0. The van der Waals surface area contributed by atoms with Crippen molar-refractivity contribution >= 4 is 0 Å². The standard InChI is InChI=1S/C14H17N3O/c1-11-5-7-12(8-6-11)18-10-14-16-15-13-4-2-3-9-17(13)14/h5-8H,2-4,9-10H2,1H3. The first-order chi connectivity index (χ1) is 8.83. The average molecular weight is 243 g/mol. The molecule has 2 aromatic rings. The zero-order valence-corrected chi connectivity index (χ0v) is 10.6. The van der Waals surface area contributed by atoms with Crippen LogP contribution >= 0.6 is 0 Å². The maximum Gasteiger partial charge on any atom is 0.171 e. The Morgan fingerprint density at radius 2 is 2.00 bits per heavy atom. The van der Waals surface area contributed by atoms with E-state index in [4.69, 9.17) is 4.74 Å². The average Bonchev–Trinajstić information content (AvgIpc) is 2.82. The van der Waals surface area contributed by atoms with Gasteiger partial charge in [-0.1, -0.05) is 17.7 Å². The Kier molecular flexibility index (Phi) is 3.00. The van der Waals surface area contributed by atoms with Crippen LogP contribution in [0.3, 0.4) is 0 Å². The quantitative estimate of drug-likeness (QED) is 0.831. The second-order valence-electron chi connectivity index (χ2n) is 4.74. The molecular weight excluding hydrogens is 226 g/mol. The summed E-state index contributed by atoms with van der Waals surface area (Å²) in [6, 6.07) is 8.08. The van der Waals surface area contributed by atoms with Crippen LogP contribution in [0.25, 0.3) is 0 Å². The van der Waals surface area contributed by atoms with E-state index in [-0.39, 0.29) is 0 Å². The van der Waals surface area contributed by atoms with Gasteiger partial charge in [0.05, 0.1) is 0 Å². The van der Waals surface area contributed by atoms with Crippen molar-refractivity contribution in [1.29, 1.82) is 0 Å². The minimum Gasteiger partial charge on any atom is -0.486 e. The molecule has 1 aromatic heterocycles. The molecule has 0 saturated carbocycles. The Morgan fingerprint density at radius 1 is 1.17 bits per heavy atom. The number of nitrogens with zero attached hydrogens (tertiary/aromatic N) is 3. The monoisotopic (exact) mass is 243 g/mol. The highest BCUT2D eigenvalue weighted by Gasteiger charge is 2.15. The van der Waals surface area contributed by atoms with E-state index < -0.39 is 0 Å². The van der Waals surface area contributed by atoms with Crippen LogP contribution in [0, 0.1) is 6.92 Å². The van der Waals surface area contributed by atoms with Gasteiger partial charge in [-0.25, -0.2) is 0 Å². The number of fused-ring (bicyclic) bond motifs is 1. The summed E-state index contributed by atoms with van der Waals surface area (Å²) >= 11 is 0. The number of hydrogen-bond donors (Lipinski definition) is 0. The molecule has 0 unspecified atom stereocenters. The van der Waals surface area contributed by atoms with Gasteiger partial charge in [0, 0.05) is 13.0 Å². The van der Waals surface area contributed by atoms with Crippen molar-refractivity contribution in [2.45, 2.75) is 39.3 Å². The molecule has 0 spiro atoms. The molecule has 1 aliphatic rings. The second kappa shape index (κ2) is 4.80. The molecule has 0 aliphatic carbocycles. The Morgan fingerprint density at radius 3 is 2.83 bits per heavy atom. The van der Waals surface area contributed by atoms with Crippen LogP contribution in [0.5, 0.6) is 5.75 Å².